The number of benzene rings is 3. The van der Waals surface area contributed by atoms with Crippen LogP contribution in [0, 0.1) is 0 Å². The first-order valence-corrected chi connectivity index (χ1v) is 12.7. The summed E-state index contributed by atoms with van der Waals surface area (Å²) in [5.41, 5.74) is 5.19. The topological polar surface area (TPSA) is 91.4 Å². The Morgan fingerprint density at radius 1 is 0.886 bits per heavy atom. The van der Waals surface area contributed by atoms with E-state index in [9.17, 15) is 13.2 Å². The standard InChI is InChI=1S/C27H24N4O3S/c32-27(22-9-7-20(8-10-22)19-31-17-15-21-4-1-2-6-26(21)31)29-23-11-13-25(14-12-23)35(33,34)30-24-5-3-16-28-18-24/h1-14,16,18,30H,15,17,19H2,(H,29,32). The quantitative estimate of drug-likeness (QED) is 0.397. The Labute approximate surface area is 204 Å². The van der Waals surface area contributed by atoms with Gasteiger partial charge in [0, 0.05) is 36.2 Å². The molecule has 176 valence electrons. The summed E-state index contributed by atoms with van der Waals surface area (Å²) in [4.78, 5) is 19.0. The Kier molecular flexibility index (Phi) is 6.20. The van der Waals surface area contributed by atoms with Crippen molar-refractivity contribution in [3.63, 3.8) is 0 Å². The number of carbonyl (C=O) groups excluding carboxylic acids is 1. The van der Waals surface area contributed by atoms with Crippen LogP contribution < -0.4 is 14.9 Å². The van der Waals surface area contributed by atoms with Crippen molar-refractivity contribution in [3.05, 3.63) is 114 Å². The molecule has 0 atom stereocenters. The van der Waals surface area contributed by atoms with Crippen LogP contribution in [-0.4, -0.2) is 25.9 Å². The van der Waals surface area contributed by atoms with Crippen molar-refractivity contribution in [2.45, 2.75) is 17.9 Å². The molecular weight excluding hydrogens is 460 g/mol. The summed E-state index contributed by atoms with van der Waals surface area (Å²) in [7, 11) is -3.75. The van der Waals surface area contributed by atoms with Crippen LogP contribution in [0.5, 0.6) is 0 Å². The zero-order valence-corrected chi connectivity index (χ0v) is 19.7. The summed E-state index contributed by atoms with van der Waals surface area (Å²) in [6.45, 7) is 1.78. The predicted octanol–water partition coefficient (Wildman–Crippen LogP) is 4.70. The number of pyridine rings is 1. The highest BCUT2D eigenvalue weighted by molar-refractivity contribution is 7.92. The van der Waals surface area contributed by atoms with Gasteiger partial charge in [-0.15, -0.1) is 0 Å². The first kappa shape index (κ1) is 22.6. The molecule has 1 aromatic heterocycles. The zero-order valence-electron chi connectivity index (χ0n) is 18.9. The molecule has 5 rings (SSSR count). The van der Waals surface area contributed by atoms with Gasteiger partial charge < -0.3 is 10.2 Å². The molecule has 35 heavy (non-hydrogen) atoms. The van der Waals surface area contributed by atoms with Gasteiger partial charge in [0.1, 0.15) is 0 Å². The first-order chi connectivity index (χ1) is 17.0. The molecule has 1 aliphatic heterocycles. The van der Waals surface area contributed by atoms with Crippen molar-refractivity contribution in [2.24, 2.45) is 0 Å². The number of amides is 1. The van der Waals surface area contributed by atoms with Crippen LogP contribution in [0.15, 0.2) is 102 Å². The van der Waals surface area contributed by atoms with E-state index in [4.69, 9.17) is 0 Å². The van der Waals surface area contributed by atoms with Crippen molar-refractivity contribution in [1.82, 2.24) is 4.98 Å². The van der Waals surface area contributed by atoms with Crippen molar-refractivity contribution in [3.8, 4) is 0 Å². The van der Waals surface area contributed by atoms with E-state index < -0.39 is 10.0 Å². The van der Waals surface area contributed by atoms with Gasteiger partial charge in [-0.05, 0) is 72.1 Å². The molecule has 2 N–H and O–H groups in total. The summed E-state index contributed by atoms with van der Waals surface area (Å²) >= 11 is 0. The number of sulfonamides is 1. The van der Waals surface area contributed by atoms with E-state index in [2.05, 4.69) is 44.2 Å². The van der Waals surface area contributed by atoms with Crippen LogP contribution in [0.2, 0.25) is 0 Å². The Hall–Kier alpha value is -4.17. The molecule has 0 radical (unpaired) electrons. The van der Waals surface area contributed by atoms with E-state index >= 15 is 0 Å². The van der Waals surface area contributed by atoms with E-state index in [1.165, 1.54) is 29.6 Å². The van der Waals surface area contributed by atoms with Gasteiger partial charge in [0.2, 0.25) is 0 Å². The van der Waals surface area contributed by atoms with Crippen LogP contribution in [0.4, 0.5) is 17.1 Å². The molecule has 7 nitrogen and oxygen atoms in total. The summed E-state index contributed by atoms with van der Waals surface area (Å²) in [6, 6.07) is 25.3. The first-order valence-electron chi connectivity index (χ1n) is 11.2. The van der Waals surface area contributed by atoms with Gasteiger partial charge in [0.15, 0.2) is 0 Å². The smallest absolute Gasteiger partial charge is 0.261 e. The number of hydrogen-bond donors (Lipinski definition) is 2. The summed E-state index contributed by atoms with van der Waals surface area (Å²) in [5.74, 6) is -0.257. The molecule has 0 saturated heterocycles. The normalized spacial score (nSPS) is 12.7. The van der Waals surface area contributed by atoms with Crippen molar-refractivity contribution >= 4 is 33.0 Å². The molecular formula is C27H24N4O3S. The number of fused-ring (bicyclic) bond motifs is 1. The third-order valence-electron chi connectivity index (χ3n) is 5.91. The van der Waals surface area contributed by atoms with Crippen LogP contribution >= 0.6 is 0 Å². The molecule has 0 saturated carbocycles. The van der Waals surface area contributed by atoms with Gasteiger partial charge in [-0.3, -0.25) is 14.5 Å². The average Bonchev–Trinajstić information content (AvgIpc) is 3.28. The maximum absolute atomic E-state index is 12.7. The number of hydrogen-bond acceptors (Lipinski definition) is 5. The molecule has 0 unspecified atom stereocenters. The fourth-order valence-corrected chi connectivity index (χ4v) is 5.15. The van der Waals surface area contributed by atoms with Gasteiger partial charge in [-0.25, -0.2) is 8.42 Å². The van der Waals surface area contributed by atoms with Gasteiger partial charge >= 0.3 is 0 Å². The molecule has 1 aliphatic rings. The van der Waals surface area contributed by atoms with Crippen molar-refractivity contribution in [2.75, 3.05) is 21.5 Å². The highest BCUT2D eigenvalue weighted by Crippen LogP contribution is 2.29. The molecule has 2 heterocycles. The van der Waals surface area contributed by atoms with Crippen LogP contribution in [0.3, 0.4) is 0 Å². The molecule has 4 aromatic rings. The van der Waals surface area contributed by atoms with Gasteiger partial charge in [0.05, 0.1) is 16.8 Å². The fourth-order valence-electron chi connectivity index (χ4n) is 4.11. The number of rotatable bonds is 7. The van der Waals surface area contributed by atoms with Crippen LogP contribution in [0.25, 0.3) is 0 Å². The monoisotopic (exact) mass is 484 g/mol. The fraction of sp³-hybridized carbons (Fsp3) is 0.111. The Balaban J connectivity index is 1.20. The summed E-state index contributed by atoms with van der Waals surface area (Å²) < 4.78 is 27.6. The Morgan fingerprint density at radius 3 is 2.40 bits per heavy atom. The predicted molar refractivity (Wildman–Crippen MR) is 137 cm³/mol. The SMILES string of the molecule is O=C(Nc1ccc(S(=O)(=O)Nc2cccnc2)cc1)c1ccc(CN2CCc3ccccc32)cc1. The highest BCUT2D eigenvalue weighted by atomic mass is 32.2. The Morgan fingerprint density at radius 2 is 1.66 bits per heavy atom. The second kappa shape index (κ2) is 9.60. The van der Waals surface area contributed by atoms with E-state index in [-0.39, 0.29) is 10.8 Å². The maximum atomic E-state index is 12.7. The molecule has 0 spiro atoms. The second-order valence-electron chi connectivity index (χ2n) is 8.32. The van der Waals surface area contributed by atoms with E-state index in [0.29, 0.717) is 16.9 Å². The van der Waals surface area contributed by atoms with Crippen LogP contribution in [0.1, 0.15) is 21.5 Å². The molecule has 8 heteroatoms. The third-order valence-corrected chi connectivity index (χ3v) is 7.31. The minimum Gasteiger partial charge on any atom is -0.367 e. The maximum Gasteiger partial charge on any atom is 0.261 e. The van der Waals surface area contributed by atoms with E-state index in [1.807, 2.05) is 24.3 Å². The Bertz CT molecular complexity index is 1440. The molecule has 0 aliphatic carbocycles. The molecule has 1 amide bonds. The molecule has 0 bridgehead atoms. The second-order valence-corrected chi connectivity index (χ2v) is 10.0. The van der Waals surface area contributed by atoms with Gasteiger partial charge in [-0.1, -0.05) is 30.3 Å². The lowest BCUT2D eigenvalue weighted by molar-refractivity contribution is 0.102. The number of anilines is 3. The number of nitrogens with one attached hydrogen (secondary N) is 2. The largest absolute Gasteiger partial charge is 0.367 e. The summed E-state index contributed by atoms with van der Waals surface area (Å²) in [6.07, 6.45) is 4.05. The van der Waals surface area contributed by atoms with Crippen LogP contribution in [-0.2, 0) is 23.0 Å². The van der Waals surface area contributed by atoms with E-state index in [0.717, 1.165) is 25.1 Å². The zero-order chi connectivity index (χ0) is 24.3. The van der Waals surface area contributed by atoms with Gasteiger partial charge in [-0.2, -0.15) is 0 Å². The lowest BCUT2D eigenvalue weighted by Gasteiger charge is -2.19. The number of aromatic nitrogens is 1. The van der Waals surface area contributed by atoms with E-state index in [1.54, 1.807) is 30.5 Å². The number of carbonyl (C=O) groups is 1. The minimum atomic E-state index is -3.75. The molecule has 0 fully saturated rings. The number of nitrogens with zero attached hydrogens (tertiary/aromatic N) is 2. The third kappa shape index (κ3) is 5.17. The lowest BCUT2D eigenvalue weighted by atomic mass is 10.1. The minimum absolute atomic E-state index is 0.0900. The van der Waals surface area contributed by atoms with Crippen molar-refractivity contribution in [1.29, 1.82) is 0 Å². The highest BCUT2D eigenvalue weighted by Gasteiger charge is 2.18. The summed E-state index contributed by atoms with van der Waals surface area (Å²) in [5, 5.41) is 2.82. The average molecular weight is 485 g/mol. The lowest BCUT2D eigenvalue weighted by Crippen LogP contribution is -2.19. The van der Waals surface area contributed by atoms with Crippen molar-refractivity contribution < 1.29 is 13.2 Å². The number of para-hydroxylation sites is 1. The van der Waals surface area contributed by atoms with Gasteiger partial charge in [0.25, 0.3) is 15.9 Å². The molecule has 3 aromatic carbocycles.